The van der Waals surface area contributed by atoms with Gasteiger partial charge < -0.3 is 0 Å². The van der Waals surface area contributed by atoms with E-state index in [0.29, 0.717) is 21.5 Å². The van der Waals surface area contributed by atoms with Gasteiger partial charge in [-0.2, -0.15) is 20.5 Å². The van der Waals surface area contributed by atoms with Crippen molar-refractivity contribution in [2.75, 3.05) is 0 Å². The van der Waals surface area contributed by atoms with Crippen LogP contribution in [0.25, 0.3) is 65.3 Å². The van der Waals surface area contributed by atoms with Gasteiger partial charge in [-0.1, -0.05) is 24.3 Å². The third-order valence-corrected chi connectivity index (χ3v) is 8.12. The van der Waals surface area contributed by atoms with Crippen molar-refractivity contribution >= 4 is 43.1 Å². The van der Waals surface area contributed by atoms with Crippen molar-refractivity contribution < 1.29 is 43.9 Å². The van der Waals surface area contributed by atoms with Gasteiger partial charge in [0, 0.05) is 21.5 Å². The number of rotatable bonds is 2. The van der Waals surface area contributed by atoms with Gasteiger partial charge in [-0.25, -0.2) is 43.9 Å². The van der Waals surface area contributed by atoms with E-state index in [9.17, 15) is 54.4 Å². The zero-order valence-corrected chi connectivity index (χ0v) is 23.2. The normalized spacial score (nSPS) is 12.6. The largest absolute Gasteiger partial charge is 0.206 e. The van der Waals surface area contributed by atoms with Crippen LogP contribution in [0.2, 0.25) is 0 Å². The maximum absolute atomic E-state index is 14.7. The average molecular weight is 662 g/mol. The maximum Gasteiger partial charge on any atom is 0.206 e. The third-order valence-electron chi connectivity index (χ3n) is 8.12. The van der Waals surface area contributed by atoms with E-state index < -0.39 is 80.4 Å². The number of fused-ring (bicyclic) bond motifs is 6. The highest BCUT2D eigenvalue weighted by Gasteiger charge is 2.29. The first kappa shape index (κ1) is 30.4. The highest BCUT2D eigenvalue weighted by Crippen LogP contribution is 2.38. The molecule has 0 spiro atoms. The van der Waals surface area contributed by atoms with Gasteiger partial charge in [0.05, 0.1) is 21.8 Å². The molecule has 14 heteroatoms. The summed E-state index contributed by atoms with van der Waals surface area (Å²) in [5, 5.41) is 20.9. The molecule has 48 heavy (non-hydrogen) atoms. The van der Waals surface area contributed by atoms with Crippen LogP contribution in [0.15, 0.2) is 58.5 Å². The molecule has 0 aliphatic carbocycles. The van der Waals surface area contributed by atoms with Gasteiger partial charge in [-0.3, -0.25) is 0 Å². The van der Waals surface area contributed by atoms with Gasteiger partial charge in [0.15, 0.2) is 46.5 Å². The third kappa shape index (κ3) is 4.02. The zero-order chi connectivity index (χ0) is 34.3. The average Bonchev–Trinajstić information content (AvgIpc) is 3.55. The van der Waals surface area contributed by atoms with E-state index in [-0.39, 0.29) is 32.3 Å². The summed E-state index contributed by atoms with van der Waals surface area (Å²) in [5.41, 5.74) is -3.23. The molecular formula is C34H8F10N4. The second-order valence-corrected chi connectivity index (χ2v) is 10.5. The lowest BCUT2D eigenvalue weighted by atomic mass is 10.0. The van der Waals surface area contributed by atoms with Crippen LogP contribution in [-0.2, 0) is 0 Å². The van der Waals surface area contributed by atoms with E-state index in [1.54, 1.807) is 12.4 Å². The van der Waals surface area contributed by atoms with Crippen molar-refractivity contribution in [3.8, 4) is 34.6 Å². The molecule has 0 amide bonds. The van der Waals surface area contributed by atoms with Crippen LogP contribution in [-0.4, -0.2) is 0 Å². The van der Waals surface area contributed by atoms with Crippen LogP contribution in [0.5, 0.6) is 0 Å². The van der Waals surface area contributed by atoms with E-state index in [1.807, 2.05) is 0 Å². The van der Waals surface area contributed by atoms with Crippen molar-refractivity contribution in [3.05, 3.63) is 117 Å². The Morgan fingerprint density at radius 3 is 0.958 bits per heavy atom. The van der Waals surface area contributed by atoms with Gasteiger partial charge in [0.1, 0.15) is 0 Å². The molecule has 0 saturated heterocycles. The minimum atomic E-state index is -2.34. The van der Waals surface area contributed by atoms with Crippen LogP contribution >= 0.6 is 0 Å². The summed E-state index contributed by atoms with van der Waals surface area (Å²) in [4.78, 5) is 7.66. The van der Waals surface area contributed by atoms with E-state index in [4.69, 9.17) is 0 Å². The summed E-state index contributed by atoms with van der Waals surface area (Å²) < 4.78 is 142. The Balaban J connectivity index is 1.55. The molecule has 0 fully saturated rings. The molecule has 0 N–H and O–H groups in total. The number of hydrogen-bond acceptors (Lipinski definition) is 4. The van der Waals surface area contributed by atoms with Gasteiger partial charge in [-0.15, -0.1) is 0 Å². The molecule has 0 saturated carbocycles. The molecule has 0 heterocycles. The van der Waals surface area contributed by atoms with Gasteiger partial charge in [0.25, 0.3) is 0 Å². The smallest absolute Gasteiger partial charge is 0.203 e. The summed E-state index contributed by atoms with van der Waals surface area (Å²) in [6.45, 7) is 0. The molecule has 4 nitrogen and oxygen atoms in total. The molecule has 7 rings (SSSR count). The van der Waals surface area contributed by atoms with Crippen LogP contribution in [0.4, 0.5) is 43.9 Å². The minimum Gasteiger partial charge on any atom is -0.203 e. The fourth-order valence-corrected chi connectivity index (χ4v) is 6.05. The number of halogens is 10. The van der Waals surface area contributed by atoms with Crippen LogP contribution in [0.1, 0.15) is 0 Å². The van der Waals surface area contributed by atoms with Crippen molar-refractivity contribution in [2.24, 2.45) is 9.98 Å². The van der Waals surface area contributed by atoms with E-state index in [1.165, 1.54) is 24.3 Å². The Labute approximate surface area is 259 Å². The molecule has 0 radical (unpaired) electrons. The SMILES string of the molecule is N#C/N=c1\c2cc(-c3c(F)c(F)c(F)c(F)c3F)ccc2c2cc3/c(=N/C#N)c4cc(-c5c(F)c(F)c(F)c(F)c5F)ccc4c3cc12. The van der Waals surface area contributed by atoms with Crippen molar-refractivity contribution in [3.63, 3.8) is 0 Å². The quantitative estimate of drug-likeness (QED) is 0.0805. The predicted octanol–water partition coefficient (Wildman–Crippen LogP) is 8.66. The Kier molecular flexibility index (Phi) is 6.73. The molecule has 0 aliphatic heterocycles. The number of hydrogen-bond donors (Lipinski definition) is 0. The molecule has 7 aromatic rings. The Hall–Kier alpha value is -6.28. The highest BCUT2D eigenvalue weighted by atomic mass is 19.2. The van der Waals surface area contributed by atoms with Crippen molar-refractivity contribution in [2.45, 2.75) is 0 Å². The van der Waals surface area contributed by atoms with E-state index in [0.717, 1.165) is 24.3 Å². The summed E-state index contributed by atoms with van der Waals surface area (Å²) in [7, 11) is 0. The van der Waals surface area contributed by atoms with E-state index >= 15 is 0 Å². The Morgan fingerprint density at radius 1 is 0.354 bits per heavy atom. The predicted molar refractivity (Wildman–Crippen MR) is 152 cm³/mol. The maximum atomic E-state index is 14.7. The summed E-state index contributed by atoms with van der Waals surface area (Å²) in [6.07, 6.45) is 3.22. The van der Waals surface area contributed by atoms with Gasteiger partial charge in [-0.05, 0) is 56.9 Å². The van der Waals surface area contributed by atoms with Crippen molar-refractivity contribution in [1.82, 2.24) is 0 Å². The molecule has 0 bridgehead atoms. The lowest BCUT2D eigenvalue weighted by Crippen LogP contribution is -2.04. The first-order valence-corrected chi connectivity index (χ1v) is 13.4. The highest BCUT2D eigenvalue weighted by molar-refractivity contribution is 6.21. The number of nitrogens with zero attached hydrogens (tertiary/aromatic N) is 4. The number of nitriles is 2. The Morgan fingerprint density at radius 2 is 0.646 bits per heavy atom. The minimum absolute atomic E-state index is 0.0405. The molecule has 0 aliphatic rings. The van der Waals surface area contributed by atoms with Crippen LogP contribution in [0, 0.1) is 81.1 Å². The van der Waals surface area contributed by atoms with Crippen LogP contribution in [0.3, 0.4) is 0 Å². The first-order valence-electron chi connectivity index (χ1n) is 13.4. The number of benzene rings is 5. The fraction of sp³-hybridized carbons (Fsp3) is 0. The molecule has 0 unspecified atom stereocenters. The second-order valence-electron chi connectivity index (χ2n) is 10.5. The molecule has 0 aromatic heterocycles. The summed E-state index contributed by atoms with van der Waals surface area (Å²) in [5.74, 6) is -21.6. The fourth-order valence-electron chi connectivity index (χ4n) is 6.05. The summed E-state index contributed by atoms with van der Waals surface area (Å²) in [6, 6.07) is 10.0. The lowest BCUT2D eigenvalue weighted by Gasteiger charge is -2.08. The molecule has 234 valence electrons. The lowest BCUT2D eigenvalue weighted by molar-refractivity contribution is 0.381. The monoisotopic (exact) mass is 662 g/mol. The zero-order valence-electron chi connectivity index (χ0n) is 23.2. The van der Waals surface area contributed by atoms with Gasteiger partial charge in [0.2, 0.25) is 24.0 Å². The molecular weight excluding hydrogens is 654 g/mol. The standard InChI is InChI=1S/C34H8F10N4/c35-23-21(24(36)28(40)31(43)27(23)39)11-1-3-13-15-7-20-16(8-19(15)33(47-9-45)17(13)5-11)14-4-2-12(6-18(14)34(20)48-10-46)22-25(37)29(41)32(44)30(42)26(22)38/h1-8H/b47-33+,48-34+. The van der Waals surface area contributed by atoms with Crippen molar-refractivity contribution in [1.29, 1.82) is 10.5 Å². The van der Waals surface area contributed by atoms with E-state index in [2.05, 4.69) is 9.98 Å². The topological polar surface area (TPSA) is 72.3 Å². The first-order chi connectivity index (χ1) is 22.9. The molecule has 0 atom stereocenters. The second kappa shape index (κ2) is 10.6. The molecule has 7 aromatic carbocycles. The summed E-state index contributed by atoms with van der Waals surface area (Å²) >= 11 is 0. The van der Waals surface area contributed by atoms with Crippen LogP contribution < -0.4 is 10.7 Å². The van der Waals surface area contributed by atoms with Gasteiger partial charge >= 0.3 is 0 Å². The Bertz CT molecular complexity index is 2570.